The number of aromatic nitrogens is 2. The summed E-state index contributed by atoms with van der Waals surface area (Å²) >= 11 is 0. The molecule has 1 aromatic heterocycles. The molecule has 0 fully saturated rings. The summed E-state index contributed by atoms with van der Waals surface area (Å²) < 4.78 is 1.81. The minimum atomic E-state index is -0.238. The van der Waals surface area contributed by atoms with Gasteiger partial charge < -0.3 is 5.21 Å². The zero-order valence-corrected chi connectivity index (χ0v) is 9.68. The maximum absolute atomic E-state index is 9.13. The number of imidazole rings is 1. The third kappa shape index (κ3) is 1.66. The predicted octanol–water partition coefficient (Wildman–Crippen LogP) is 2.72. The highest BCUT2D eigenvalue weighted by molar-refractivity contribution is 5.95. The average molecular weight is 217 g/mol. The van der Waals surface area contributed by atoms with Gasteiger partial charge in [-0.1, -0.05) is 38.1 Å². The van der Waals surface area contributed by atoms with E-state index in [1.807, 2.05) is 49.6 Å². The van der Waals surface area contributed by atoms with Gasteiger partial charge in [0.2, 0.25) is 0 Å². The maximum atomic E-state index is 9.13. The largest absolute Gasteiger partial charge is 0.409 e. The van der Waals surface area contributed by atoms with Crippen LogP contribution in [-0.4, -0.2) is 20.6 Å². The summed E-state index contributed by atoms with van der Waals surface area (Å²) in [6, 6.07) is 7.77. The monoisotopic (exact) mass is 217 g/mol. The third-order valence-corrected chi connectivity index (χ3v) is 2.45. The number of para-hydroxylation sites is 2. The molecule has 0 saturated heterocycles. The Bertz CT molecular complexity index is 534. The third-order valence-electron chi connectivity index (χ3n) is 2.45. The summed E-state index contributed by atoms with van der Waals surface area (Å²) in [4.78, 5) is 4.27. The lowest BCUT2D eigenvalue weighted by Gasteiger charge is -2.20. The van der Waals surface area contributed by atoms with Gasteiger partial charge in [0.05, 0.1) is 11.0 Å². The minimum Gasteiger partial charge on any atom is -0.409 e. The van der Waals surface area contributed by atoms with E-state index in [0.717, 1.165) is 11.0 Å². The molecule has 0 bridgehead atoms. The first kappa shape index (κ1) is 10.7. The minimum absolute atomic E-state index is 0.238. The normalized spacial score (nSPS) is 13.3. The van der Waals surface area contributed by atoms with Gasteiger partial charge in [-0.2, -0.15) is 0 Å². The summed E-state index contributed by atoms with van der Waals surface area (Å²) in [5.74, 6) is 0.584. The Balaban J connectivity index is 2.64. The van der Waals surface area contributed by atoms with E-state index in [-0.39, 0.29) is 5.41 Å². The highest BCUT2D eigenvalue weighted by Crippen LogP contribution is 2.21. The second-order valence-corrected chi connectivity index (χ2v) is 4.78. The van der Waals surface area contributed by atoms with Crippen LogP contribution >= 0.6 is 0 Å². The molecule has 4 heteroatoms. The molecule has 0 radical (unpaired) electrons. The van der Waals surface area contributed by atoms with Crippen molar-refractivity contribution in [1.82, 2.24) is 9.55 Å². The van der Waals surface area contributed by atoms with Crippen LogP contribution in [0.25, 0.3) is 11.0 Å². The number of hydrogen-bond acceptors (Lipinski definition) is 3. The molecule has 0 amide bonds. The lowest BCUT2D eigenvalue weighted by molar-refractivity contribution is 0.308. The molecule has 2 aromatic rings. The van der Waals surface area contributed by atoms with Crippen molar-refractivity contribution in [1.29, 1.82) is 0 Å². The fourth-order valence-corrected chi connectivity index (χ4v) is 1.69. The van der Waals surface area contributed by atoms with Crippen LogP contribution in [0.5, 0.6) is 0 Å². The quantitative estimate of drug-likeness (QED) is 0.319. The lowest BCUT2D eigenvalue weighted by atomic mass is 9.95. The van der Waals surface area contributed by atoms with Gasteiger partial charge in [-0.25, -0.2) is 4.98 Å². The predicted molar refractivity (Wildman–Crippen MR) is 63.8 cm³/mol. The topological polar surface area (TPSA) is 50.4 Å². The lowest BCUT2D eigenvalue weighted by Crippen LogP contribution is -2.27. The number of fused-ring (bicyclic) bond motifs is 1. The fourth-order valence-electron chi connectivity index (χ4n) is 1.69. The Labute approximate surface area is 94.2 Å². The molecule has 1 heterocycles. The maximum Gasteiger partial charge on any atom is 0.159 e. The summed E-state index contributed by atoms with van der Waals surface area (Å²) in [5.41, 5.74) is 1.61. The van der Waals surface area contributed by atoms with Crippen LogP contribution in [-0.2, 0) is 0 Å². The van der Waals surface area contributed by atoms with Gasteiger partial charge in [0, 0.05) is 5.41 Å². The van der Waals surface area contributed by atoms with Gasteiger partial charge in [-0.05, 0) is 12.1 Å². The molecular formula is C12H15N3O. The van der Waals surface area contributed by atoms with E-state index in [1.165, 1.54) is 0 Å². The number of rotatable bonds is 0. The molecule has 0 atom stereocenters. The highest BCUT2D eigenvalue weighted by Gasteiger charge is 2.23. The second-order valence-electron chi connectivity index (χ2n) is 4.78. The molecule has 4 nitrogen and oxygen atoms in total. The molecular weight excluding hydrogens is 202 g/mol. The van der Waals surface area contributed by atoms with E-state index in [2.05, 4.69) is 10.1 Å². The van der Waals surface area contributed by atoms with Gasteiger partial charge >= 0.3 is 0 Å². The Hall–Kier alpha value is -1.84. The van der Waals surface area contributed by atoms with E-state index >= 15 is 0 Å². The van der Waals surface area contributed by atoms with Crippen LogP contribution < -0.4 is 0 Å². The second kappa shape index (κ2) is 3.63. The van der Waals surface area contributed by atoms with Crippen molar-refractivity contribution in [3.63, 3.8) is 0 Å². The fraction of sp³-hybridized carbons (Fsp3) is 0.333. The van der Waals surface area contributed by atoms with Crippen LogP contribution in [0.2, 0.25) is 0 Å². The Morgan fingerprint density at radius 1 is 1.31 bits per heavy atom. The number of oxime groups is 1. The van der Waals surface area contributed by atoms with Crippen LogP contribution in [0.3, 0.4) is 0 Å². The average Bonchev–Trinajstić information content (AvgIpc) is 2.61. The van der Waals surface area contributed by atoms with E-state index in [4.69, 9.17) is 5.21 Å². The first-order valence-electron chi connectivity index (χ1n) is 5.19. The molecule has 0 spiro atoms. The zero-order valence-electron chi connectivity index (χ0n) is 9.68. The molecule has 0 aliphatic heterocycles. The van der Waals surface area contributed by atoms with Crippen molar-refractivity contribution >= 4 is 16.9 Å². The molecule has 1 N–H and O–H groups in total. The Morgan fingerprint density at radius 2 is 2.00 bits per heavy atom. The standard InChI is InChI=1S/C12H15N3O/c1-12(2,3)11(14-16)15-8-13-9-6-4-5-7-10(9)15/h4-8,16H,1-3H3/b14-11+. The number of hydrogen-bond donors (Lipinski definition) is 1. The molecule has 0 aliphatic rings. The Kier molecular flexibility index (Phi) is 2.42. The molecule has 1 aromatic carbocycles. The van der Waals surface area contributed by atoms with E-state index < -0.39 is 0 Å². The van der Waals surface area contributed by atoms with Gasteiger partial charge in [0.15, 0.2) is 5.84 Å². The molecule has 16 heavy (non-hydrogen) atoms. The van der Waals surface area contributed by atoms with Crippen LogP contribution in [0, 0.1) is 5.41 Å². The van der Waals surface area contributed by atoms with E-state index in [0.29, 0.717) is 5.84 Å². The smallest absolute Gasteiger partial charge is 0.159 e. The van der Waals surface area contributed by atoms with Gasteiger partial charge in [0.1, 0.15) is 6.33 Å². The Morgan fingerprint density at radius 3 is 2.62 bits per heavy atom. The van der Waals surface area contributed by atoms with Crippen molar-refractivity contribution in [3.8, 4) is 0 Å². The van der Waals surface area contributed by atoms with Crippen LogP contribution in [0.15, 0.2) is 35.7 Å². The number of benzene rings is 1. The van der Waals surface area contributed by atoms with Gasteiger partial charge in [0.25, 0.3) is 0 Å². The SMILES string of the molecule is CC(C)(C)/C(=N\O)n1cnc2ccccc21. The van der Waals surface area contributed by atoms with Crippen molar-refractivity contribution in [2.45, 2.75) is 20.8 Å². The summed E-state index contributed by atoms with van der Waals surface area (Å²) in [6.07, 6.45) is 1.69. The molecule has 84 valence electrons. The molecule has 2 rings (SSSR count). The number of nitrogens with zero attached hydrogens (tertiary/aromatic N) is 3. The van der Waals surface area contributed by atoms with Crippen molar-refractivity contribution < 1.29 is 5.21 Å². The van der Waals surface area contributed by atoms with Crippen LogP contribution in [0.1, 0.15) is 20.8 Å². The molecule has 0 saturated carbocycles. The van der Waals surface area contributed by atoms with Crippen molar-refractivity contribution in [2.75, 3.05) is 0 Å². The van der Waals surface area contributed by atoms with Gasteiger partial charge in [-0.15, -0.1) is 0 Å². The summed E-state index contributed by atoms with van der Waals surface area (Å²) in [7, 11) is 0. The molecule has 0 unspecified atom stereocenters. The molecule has 0 aliphatic carbocycles. The first-order valence-corrected chi connectivity index (χ1v) is 5.19. The summed E-state index contributed by atoms with van der Waals surface area (Å²) in [5, 5.41) is 12.5. The van der Waals surface area contributed by atoms with E-state index in [1.54, 1.807) is 6.33 Å². The first-order chi connectivity index (χ1) is 7.54. The summed E-state index contributed by atoms with van der Waals surface area (Å²) in [6.45, 7) is 5.99. The highest BCUT2D eigenvalue weighted by atomic mass is 16.4. The zero-order chi connectivity index (χ0) is 11.8. The van der Waals surface area contributed by atoms with E-state index in [9.17, 15) is 0 Å². The van der Waals surface area contributed by atoms with Gasteiger partial charge in [-0.3, -0.25) is 4.57 Å². The van der Waals surface area contributed by atoms with Crippen molar-refractivity contribution in [2.24, 2.45) is 10.6 Å². The van der Waals surface area contributed by atoms with Crippen molar-refractivity contribution in [3.05, 3.63) is 30.6 Å². The van der Waals surface area contributed by atoms with Crippen LogP contribution in [0.4, 0.5) is 0 Å².